The fourth-order valence-corrected chi connectivity index (χ4v) is 3.68. The third kappa shape index (κ3) is 3.44. The number of aryl methyl sites for hydroxylation is 1. The fraction of sp³-hybridized carbons (Fsp3) is 0.647. The van der Waals surface area contributed by atoms with Crippen molar-refractivity contribution in [3.05, 3.63) is 33.8 Å². The molecule has 1 saturated carbocycles. The number of fused-ring (bicyclic) bond motifs is 1. The van der Waals surface area contributed by atoms with Gasteiger partial charge in [-0.05, 0) is 67.2 Å². The summed E-state index contributed by atoms with van der Waals surface area (Å²) in [6.07, 6.45) is 7.62. The van der Waals surface area contributed by atoms with E-state index < -0.39 is 0 Å². The van der Waals surface area contributed by atoms with Crippen molar-refractivity contribution in [2.75, 3.05) is 20.3 Å². The third-order valence-electron chi connectivity index (χ3n) is 4.96. The van der Waals surface area contributed by atoms with Crippen LogP contribution in [0.2, 0.25) is 0 Å². The van der Waals surface area contributed by atoms with E-state index in [0.29, 0.717) is 11.5 Å². The molecule has 3 heteroatoms. The van der Waals surface area contributed by atoms with Crippen LogP contribution in [-0.4, -0.2) is 26.3 Å². The first kappa shape index (κ1) is 14.6. The van der Waals surface area contributed by atoms with Gasteiger partial charge in [0, 0.05) is 30.8 Å². The van der Waals surface area contributed by atoms with Crippen LogP contribution in [0.3, 0.4) is 0 Å². The second-order valence-corrected chi connectivity index (χ2v) is 7.39. The van der Waals surface area contributed by atoms with E-state index in [0.717, 1.165) is 6.61 Å². The zero-order chi connectivity index (χ0) is 14.0. The second-order valence-electron chi connectivity index (χ2n) is 6.48. The van der Waals surface area contributed by atoms with Crippen LogP contribution >= 0.6 is 15.9 Å². The summed E-state index contributed by atoms with van der Waals surface area (Å²) in [4.78, 5) is 0. The molecule has 1 atom stereocenters. The Balaban J connectivity index is 1.52. The Hall–Kier alpha value is -0.380. The van der Waals surface area contributed by atoms with Gasteiger partial charge in [-0.2, -0.15) is 0 Å². The van der Waals surface area contributed by atoms with Gasteiger partial charge in [-0.25, -0.2) is 0 Å². The number of benzene rings is 1. The molecule has 0 bridgehead atoms. The van der Waals surface area contributed by atoms with Crippen molar-refractivity contribution in [1.82, 2.24) is 5.32 Å². The number of nitrogens with one attached hydrogen (secondary N) is 1. The van der Waals surface area contributed by atoms with E-state index in [9.17, 15) is 0 Å². The molecule has 1 aromatic rings. The van der Waals surface area contributed by atoms with Crippen LogP contribution in [0, 0.1) is 5.41 Å². The van der Waals surface area contributed by atoms with Crippen LogP contribution in [0.25, 0.3) is 0 Å². The maximum absolute atomic E-state index is 5.23. The minimum atomic E-state index is 0.552. The molecule has 2 aliphatic carbocycles. The highest BCUT2D eigenvalue weighted by Crippen LogP contribution is 2.48. The molecule has 2 aliphatic rings. The second kappa shape index (κ2) is 6.17. The quantitative estimate of drug-likeness (QED) is 0.854. The van der Waals surface area contributed by atoms with Crippen molar-refractivity contribution in [2.45, 2.75) is 44.6 Å². The number of methoxy groups -OCH3 is 1. The predicted octanol–water partition coefficient (Wildman–Crippen LogP) is 3.71. The standard InChI is InChI=1S/C17H24BrNO/c1-20-9-8-17(6-7-17)12-19-16-5-3-13-10-15(18)4-2-14(13)11-16/h2,4,10,16,19H,3,5-9,11-12H2,1H3. The smallest absolute Gasteiger partial charge is 0.0468 e. The molecule has 0 spiro atoms. The van der Waals surface area contributed by atoms with Crippen LogP contribution in [0.1, 0.15) is 36.8 Å². The van der Waals surface area contributed by atoms with Gasteiger partial charge in [0.25, 0.3) is 0 Å². The first-order valence-corrected chi connectivity index (χ1v) is 8.50. The summed E-state index contributed by atoms with van der Waals surface area (Å²) in [5, 5.41) is 3.82. The lowest BCUT2D eigenvalue weighted by Gasteiger charge is -2.28. The molecule has 0 saturated heterocycles. The molecule has 2 nitrogen and oxygen atoms in total. The summed E-state index contributed by atoms with van der Waals surface area (Å²) in [6.45, 7) is 2.08. The van der Waals surface area contributed by atoms with Gasteiger partial charge in [0.1, 0.15) is 0 Å². The Kier molecular flexibility index (Phi) is 4.49. The van der Waals surface area contributed by atoms with E-state index in [1.807, 2.05) is 0 Å². The van der Waals surface area contributed by atoms with Crippen LogP contribution < -0.4 is 5.32 Å². The fourth-order valence-electron chi connectivity index (χ4n) is 3.27. The molecule has 20 heavy (non-hydrogen) atoms. The van der Waals surface area contributed by atoms with Crippen molar-refractivity contribution < 1.29 is 4.74 Å². The Morgan fingerprint density at radius 2 is 2.20 bits per heavy atom. The van der Waals surface area contributed by atoms with Gasteiger partial charge in [-0.15, -0.1) is 0 Å². The van der Waals surface area contributed by atoms with Gasteiger partial charge in [0.15, 0.2) is 0 Å². The molecular weight excluding hydrogens is 314 g/mol. The molecule has 0 aliphatic heterocycles. The molecule has 110 valence electrons. The highest BCUT2D eigenvalue weighted by Gasteiger charge is 2.42. The van der Waals surface area contributed by atoms with E-state index in [2.05, 4.69) is 39.4 Å². The monoisotopic (exact) mass is 337 g/mol. The van der Waals surface area contributed by atoms with Gasteiger partial charge in [0.05, 0.1) is 0 Å². The van der Waals surface area contributed by atoms with Crippen molar-refractivity contribution in [3.63, 3.8) is 0 Å². The van der Waals surface area contributed by atoms with Crippen LogP contribution in [0.5, 0.6) is 0 Å². The van der Waals surface area contributed by atoms with E-state index in [-0.39, 0.29) is 0 Å². The summed E-state index contributed by atoms with van der Waals surface area (Å²) in [7, 11) is 1.81. The van der Waals surface area contributed by atoms with Gasteiger partial charge in [-0.3, -0.25) is 0 Å². The Labute approximate surface area is 130 Å². The van der Waals surface area contributed by atoms with E-state index in [4.69, 9.17) is 4.74 Å². The largest absolute Gasteiger partial charge is 0.385 e. The molecule has 0 heterocycles. The highest BCUT2D eigenvalue weighted by atomic mass is 79.9. The predicted molar refractivity (Wildman–Crippen MR) is 86.1 cm³/mol. The lowest BCUT2D eigenvalue weighted by Crippen LogP contribution is -2.38. The number of halogens is 1. The SMILES string of the molecule is COCCC1(CNC2CCc3cc(Br)ccc3C2)CC1. The molecule has 0 radical (unpaired) electrons. The zero-order valence-corrected chi connectivity index (χ0v) is 13.8. The third-order valence-corrected chi connectivity index (χ3v) is 5.45. The number of rotatable bonds is 6. The molecular formula is C17H24BrNO. The van der Waals surface area contributed by atoms with Gasteiger partial charge >= 0.3 is 0 Å². The average molecular weight is 338 g/mol. The Morgan fingerprint density at radius 1 is 1.35 bits per heavy atom. The van der Waals surface area contributed by atoms with Gasteiger partial charge < -0.3 is 10.1 Å². The first-order chi connectivity index (χ1) is 9.71. The Morgan fingerprint density at radius 3 is 2.95 bits per heavy atom. The molecule has 0 amide bonds. The lowest BCUT2D eigenvalue weighted by molar-refractivity contribution is 0.170. The summed E-state index contributed by atoms with van der Waals surface area (Å²) in [5.74, 6) is 0. The molecule has 3 rings (SSSR count). The maximum atomic E-state index is 5.23. The minimum Gasteiger partial charge on any atom is -0.385 e. The molecule has 1 aromatic carbocycles. The van der Waals surface area contributed by atoms with Crippen LogP contribution in [-0.2, 0) is 17.6 Å². The van der Waals surface area contributed by atoms with Gasteiger partial charge in [0.2, 0.25) is 0 Å². The van der Waals surface area contributed by atoms with Crippen molar-refractivity contribution >= 4 is 15.9 Å². The number of ether oxygens (including phenoxy) is 1. The highest BCUT2D eigenvalue weighted by molar-refractivity contribution is 9.10. The molecule has 1 N–H and O–H groups in total. The summed E-state index contributed by atoms with van der Waals surface area (Å²) < 4.78 is 6.44. The summed E-state index contributed by atoms with van der Waals surface area (Å²) >= 11 is 3.57. The summed E-state index contributed by atoms with van der Waals surface area (Å²) in [6, 6.07) is 7.39. The first-order valence-electron chi connectivity index (χ1n) is 7.70. The zero-order valence-electron chi connectivity index (χ0n) is 12.3. The molecule has 1 unspecified atom stereocenters. The maximum Gasteiger partial charge on any atom is 0.0468 e. The molecule has 1 fully saturated rings. The van der Waals surface area contributed by atoms with Crippen LogP contribution in [0.4, 0.5) is 0 Å². The normalized spacial score (nSPS) is 23.4. The lowest BCUT2D eigenvalue weighted by atomic mass is 9.88. The molecule has 0 aromatic heterocycles. The summed E-state index contributed by atoms with van der Waals surface area (Å²) in [5.41, 5.74) is 3.60. The Bertz CT molecular complexity index is 470. The minimum absolute atomic E-state index is 0.552. The average Bonchev–Trinajstić information content (AvgIpc) is 3.23. The van der Waals surface area contributed by atoms with E-state index in [1.165, 1.54) is 60.7 Å². The number of hydrogen-bond donors (Lipinski definition) is 1. The van der Waals surface area contributed by atoms with E-state index >= 15 is 0 Å². The van der Waals surface area contributed by atoms with Crippen molar-refractivity contribution in [2.24, 2.45) is 5.41 Å². The van der Waals surface area contributed by atoms with Crippen LogP contribution in [0.15, 0.2) is 22.7 Å². The van der Waals surface area contributed by atoms with E-state index in [1.54, 1.807) is 7.11 Å². The number of hydrogen-bond acceptors (Lipinski definition) is 2. The van der Waals surface area contributed by atoms with Gasteiger partial charge in [-0.1, -0.05) is 22.0 Å². The van der Waals surface area contributed by atoms with Crippen molar-refractivity contribution in [1.29, 1.82) is 0 Å². The topological polar surface area (TPSA) is 21.3 Å². The van der Waals surface area contributed by atoms with Crippen molar-refractivity contribution in [3.8, 4) is 0 Å².